The molecule has 1 aromatic carbocycles. The van der Waals surface area contributed by atoms with E-state index in [-0.39, 0.29) is 6.03 Å². The summed E-state index contributed by atoms with van der Waals surface area (Å²) in [6.07, 6.45) is 2.33. The van der Waals surface area contributed by atoms with Crippen LogP contribution in [0.15, 0.2) is 24.3 Å². The van der Waals surface area contributed by atoms with Crippen LogP contribution in [0.3, 0.4) is 0 Å². The summed E-state index contributed by atoms with van der Waals surface area (Å²) in [4.78, 5) is 13.9. The van der Waals surface area contributed by atoms with Gasteiger partial charge < -0.3 is 10.6 Å². The molecule has 4 heteroatoms. The van der Waals surface area contributed by atoms with Crippen LogP contribution in [0.2, 0.25) is 0 Å². The molecule has 1 heterocycles. The minimum absolute atomic E-state index is 0.0421. The van der Waals surface area contributed by atoms with Crippen LogP contribution in [0.4, 0.5) is 4.79 Å². The zero-order chi connectivity index (χ0) is 15.1. The van der Waals surface area contributed by atoms with Crippen molar-refractivity contribution in [2.75, 3.05) is 26.2 Å². The lowest BCUT2D eigenvalue weighted by atomic mass is 9.96. The van der Waals surface area contributed by atoms with Gasteiger partial charge in [0.1, 0.15) is 0 Å². The Hall–Kier alpha value is -1.55. The van der Waals surface area contributed by atoms with Gasteiger partial charge in [0.2, 0.25) is 0 Å². The number of nitrogens with zero attached hydrogens (tertiary/aromatic N) is 1. The van der Waals surface area contributed by atoms with Gasteiger partial charge in [0.25, 0.3) is 0 Å². The molecule has 0 aliphatic carbocycles. The molecule has 1 aliphatic rings. The van der Waals surface area contributed by atoms with Gasteiger partial charge in [-0.2, -0.15) is 0 Å². The first-order valence-corrected chi connectivity index (χ1v) is 7.97. The summed E-state index contributed by atoms with van der Waals surface area (Å²) in [5, 5.41) is 5.73. The maximum Gasteiger partial charge on any atom is 0.314 e. The van der Waals surface area contributed by atoms with E-state index in [1.54, 1.807) is 0 Å². The first-order chi connectivity index (χ1) is 10.2. The van der Waals surface area contributed by atoms with Gasteiger partial charge in [0, 0.05) is 19.6 Å². The molecule has 116 valence electrons. The molecule has 1 fully saturated rings. The highest BCUT2D eigenvalue weighted by molar-refractivity contribution is 5.73. The molecular formula is C17H27N3O. The number of urea groups is 1. The lowest BCUT2D eigenvalue weighted by Crippen LogP contribution is -2.41. The fourth-order valence-electron chi connectivity index (χ4n) is 2.76. The molecule has 1 aliphatic heterocycles. The highest BCUT2D eigenvalue weighted by Gasteiger charge is 2.19. The van der Waals surface area contributed by atoms with Crippen molar-refractivity contribution >= 4 is 6.03 Å². The predicted molar refractivity (Wildman–Crippen MR) is 86.3 cm³/mol. The fourth-order valence-corrected chi connectivity index (χ4v) is 2.76. The molecule has 2 rings (SSSR count). The zero-order valence-corrected chi connectivity index (χ0v) is 13.2. The second kappa shape index (κ2) is 8.03. The van der Waals surface area contributed by atoms with E-state index in [1.165, 1.54) is 11.1 Å². The predicted octanol–water partition coefficient (Wildman–Crippen LogP) is 2.53. The summed E-state index contributed by atoms with van der Waals surface area (Å²) in [5.41, 5.74) is 2.70. The first kappa shape index (κ1) is 15.8. The van der Waals surface area contributed by atoms with Crippen LogP contribution >= 0.6 is 0 Å². The Bertz CT molecular complexity index is 436. The van der Waals surface area contributed by atoms with Gasteiger partial charge in [-0.05, 0) is 51.3 Å². The van der Waals surface area contributed by atoms with Gasteiger partial charge in [0.05, 0.1) is 0 Å². The molecule has 0 radical (unpaired) electrons. The minimum atomic E-state index is -0.0421. The molecule has 2 amide bonds. The quantitative estimate of drug-likeness (QED) is 0.875. The number of nitrogens with one attached hydrogen (secondary N) is 2. The first-order valence-electron chi connectivity index (χ1n) is 7.97. The molecule has 0 saturated carbocycles. The van der Waals surface area contributed by atoms with Crippen molar-refractivity contribution in [3.05, 3.63) is 35.4 Å². The number of carbonyl (C=O) groups is 1. The van der Waals surface area contributed by atoms with E-state index in [2.05, 4.69) is 46.7 Å². The average Bonchev–Trinajstić information content (AvgIpc) is 2.49. The molecule has 2 N–H and O–H groups in total. The summed E-state index contributed by atoms with van der Waals surface area (Å²) in [7, 11) is 0. The van der Waals surface area contributed by atoms with Crippen molar-refractivity contribution in [3.8, 4) is 0 Å². The maximum absolute atomic E-state index is 11.4. The van der Waals surface area contributed by atoms with Gasteiger partial charge >= 0.3 is 6.03 Å². The van der Waals surface area contributed by atoms with Crippen molar-refractivity contribution in [2.24, 2.45) is 5.92 Å². The monoisotopic (exact) mass is 289 g/mol. The van der Waals surface area contributed by atoms with Crippen LogP contribution < -0.4 is 10.6 Å². The van der Waals surface area contributed by atoms with Crippen LogP contribution in [0.25, 0.3) is 0 Å². The number of piperidine rings is 1. The number of carbonyl (C=O) groups excluding carboxylic acids is 1. The largest absolute Gasteiger partial charge is 0.338 e. The average molecular weight is 289 g/mol. The summed E-state index contributed by atoms with van der Waals surface area (Å²) >= 11 is 0. The van der Waals surface area contributed by atoms with Gasteiger partial charge in [0.15, 0.2) is 0 Å². The summed E-state index contributed by atoms with van der Waals surface area (Å²) in [6, 6.07) is 8.76. The van der Waals surface area contributed by atoms with Crippen LogP contribution in [-0.4, -0.2) is 37.1 Å². The smallest absolute Gasteiger partial charge is 0.314 e. The number of aryl methyl sites for hydroxylation is 1. The molecular weight excluding hydrogens is 262 g/mol. The van der Waals surface area contributed by atoms with Crippen molar-refractivity contribution in [2.45, 2.75) is 33.2 Å². The van der Waals surface area contributed by atoms with Crippen LogP contribution in [0.1, 0.15) is 30.9 Å². The SMILES string of the molecule is CCNC(=O)NCC1CCN(Cc2ccc(C)cc2)CC1. The van der Waals surface area contributed by atoms with Gasteiger partial charge in [-0.3, -0.25) is 4.90 Å². The van der Waals surface area contributed by atoms with Crippen LogP contribution in [-0.2, 0) is 6.54 Å². The normalized spacial score (nSPS) is 16.7. The third kappa shape index (κ3) is 5.38. The van der Waals surface area contributed by atoms with E-state index in [0.717, 1.165) is 39.0 Å². The Kier molecular flexibility index (Phi) is 6.05. The lowest BCUT2D eigenvalue weighted by molar-refractivity contribution is 0.175. The van der Waals surface area contributed by atoms with Crippen molar-refractivity contribution < 1.29 is 4.79 Å². The fraction of sp³-hybridized carbons (Fsp3) is 0.588. The maximum atomic E-state index is 11.4. The number of rotatable bonds is 5. The van der Waals surface area contributed by atoms with Gasteiger partial charge in [-0.1, -0.05) is 29.8 Å². The Morgan fingerprint density at radius 2 is 1.86 bits per heavy atom. The molecule has 0 spiro atoms. The number of hydrogen-bond donors (Lipinski definition) is 2. The van der Waals surface area contributed by atoms with Gasteiger partial charge in [-0.15, -0.1) is 0 Å². The van der Waals surface area contributed by atoms with E-state index in [4.69, 9.17) is 0 Å². The summed E-state index contributed by atoms with van der Waals surface area (Å²) < 4.78 is 0. The number of hydrogen-bond acceptors (Lipinski definition) is 2. The van der Waals surface area contributed by atoms with E-state index < -0.39 is 0 Å². The van der Waals surface area contributed by atoms with Gasteiger partial charge in [-0.25, -0.2) is 4.79 Å². The Morgan fingerprint density at radius 1 is 1.19 bits per heavy atom. The molecule has 0 aromatic heterocycles. The minimum Gasteiger partial charge on any atom is -0.338 e. The number of benzene rings is 1. The Balaban J connectivity index is 1.68. The highest BCUT2D eigenvalue weighted by atomic mass is 16.2. The van der Waals surface area contributed by atoms with E-state index >= 15 is 0 Å². The molecule has 0 unspecified atom stereocenters. The van der Waals surface area contributed by atoms with Crippen LogP contribution in [0, 0.1) is 12.8 Å². The summed E-state index contributed by atoms with van der Waals surface area (Å²) in [5.74, 6) is 0.613. The second-order valence-corrected chi connectivity index (χ2v) is 5.95. The van der Waals surface area contributed by atoms with Crippen molar-refractivity contribution in [1.29, 1.82) is 0 Å². The number of likely N-dealkylation sites (tertiary alicyclic amines) is 1. The standard InChI is InChI=1S/C17H27N3O/c1-3-18-17(21)19-12-15-8-10-20(11-9-15)13-16-6-4-14(2)5-7-16/h4-7,15H,3,8-13H2,1-2H3,(H2,18,19,21). The lowest BCUT2D eigenvalue weighted by Gasteiger charge is -2.32. The molecule has 21 heavy (non-hydrogen) atoms. The topological polar surface area (TPSA) is 44.4 Å². The molecule has 1 aromatic rings. The molecule has 0 atom stereocenters. The number of amides is 2. The van der Waals surface area contributed by atoms with E-state index in [0.29, 0.717) is 12.5 Å². The Morgan fingerprint density at radius 3 is 2.48 bits per heavy atom. The Labute approximate surface area is 127 Å². The van der Waals surface area contributed by atoms with Crippen LogP contribution in [0.5, 0.6) is 0 Å². The van der Waals surface area contributed by atoms with Crippen molar-refractivity contribution in [1.82, 2.24) is 15.5 Å². The zero-order valence-electron chi connectivity index (χ0n) is 13.2. The molecule has 4 nitrogen and oxygen atoms in total. The van der Waals surface area contributed by atoms with E-state index in [9.17, 15) is 4.79 Å². The molecule has 1 saturated heterocycles. The van der Waals surface area contributed by atoms with E-state index in [1.807, 2.05) is 6.92 Å². The summed E-state index contributed by atoms with van der Waals surface area (Å²) in [6.45, 7) is 8.81. The third-order valence-corrected chi connectivity index (χ3v) is 4.12. The highest BCUT2D eigenvalue weighted by Crippen LogP contribution is 2.18. The molecule has 0 bridgehead atoms. The second-order valence-electron chi connectivity index (χ2n) is 5.95. The third-order valence-electron chi connectivity index (χ3n) is 4.12. The van der Waals surface area contributed by atoms with Crippen molar-refractivity contribution in [3.63, 3.8) is 0 Å².